The third kappa shape index (κ3) is 2.04. The van der Waals surface area contributed by atoms with Crippen LogP contribution in [0.4, 0.5) is 0 Å². The molecule has 4 rings (SSSR count). The molecule has 3 fully saturated rings. The fraction of sp³-hybridized carbons (Fsp3) is 0.818. The van der Waals surface area contributed by atoms with Gasteiger partial charge in [0, 0.05) is 24.7 Å². The van der Waals surface area contributed by atoms with Gasteiger partial charge in [0.05, 0.1) is 16.9 Å². The number of ether oxygens (including phenoxy) is 4. The van der Waals surface area contributed by atoms with Gasteiger partial charge in [0.15, 0.2) is 6.29 Å². The summed E-state index contributed by atoms with van der Waals surface area (Å²) in [4.78, 5) is 25.6. The van der Waals surface area contributed by atoms with E-state index in [1.807, 2.05) is 0 Å². The summed E-state index contributed by atoms with van der Waals surface area (Å²) in [6.07, 6.45) is -1.08. The number of rotatable bonds is 4. The number of esters is 2. The molecule has 7 heteroatoms. The van der Waals surface area contributed by atoms with Gasteiger partial charge in [-0.15, -0.1) is 0 Å². The second-order valence-electron chi connectivity index (χ2n) is 10.1. The third-order valence-corrected chi connectivity index (χ3v) is 8.04. The van der Waals surface area contributed by atoms with Crippen LogP contribution >= 0.6 is 0 Å². The molecule has 0 aromatic heterocycles. The van der Waals surface area contributed by atoms with E-state index in [0.29, 0.717) is 17.6 Å². The standard InChI is InChI=1S/C22H32O7/c1-8-14(19(4,5)6)21(12(3)23)18(26-7)29-22-15-11(2)16(24)28-13(15)9-20(21,22)10-27-17(22)25/h12-14,18,23H,8-10H2,1-7H3/t12-,13?,14-,18?,20?,21?,22?/m0/s1. The van der Waals surface area contributed by atoms with E-state index < -0.39 is 46.9 Å². The Hall–Kier alpha value is -1.44. The molecule has 0 bridgehead atoms. The molecule has 0 aromatic carbocycles. The van der Waals surface area contributed by atoms with Crippen LogP contribution in [0.25, 0.3) is 0 Å². The first-order chi connectivity index (χ1) is 13.5. The van der Waals surface area contributed by atoms with E-state index in [1.54, 1.807) is 21.0 Å². The Bertz CT molecular complexity index is 793. The maximum Gasteiger partial charge on any atom is 0.343 e. The maximum atomic E-state index is 13.3. The van der Waals surface area contributed by atoms with Crippen molar-refractivity contribution in [3.8, 4) is 0 Å². The van der Waals surface area contributed by atoms with Gasteiger partial charge in [-0.1, -0.05) is 34.1 Å². The summed E-state index contributed by atoms with van der Waals surface area (Å²) in [6.45, 7) is 12.0. The molecule has 1 N–H and O–H groups in total. The van der Waals surface area contributed by atoms with Crippen molar-refractivity contribution in [3.63, 3.8) is 0 Å². The van der Waals surface area contributed by atoms with Crippen LogP contribution in [0.15, 0.2) is 11.1 Å². The van der Waals surface area contributed by atoms with Gasteiger partial charge >= 0.3 is 11.9 Å². The smallest absolute Gasteiger partial charge is 0.343 e. The highest BCUT2D eigenvalue weighted by atomic mass is 16.7. The lowest BCUT2D eigenvalue weighted by Crippen LogP contribution is -2.62. The van der Waals surface area contributed by atoms with Crippen LogP contribution in [0.3, 0.4) is 0 Å². The lowest BCUT2D eigenvalue weighted by molar-refractivity contribution is -0.240. The van der Waals surface area contributed by atoms with Crippen molar-refractivity contribution in [1.82, 2.24) is 0 Å². The van der Waals surface area contributed by atoms with Crippen LogP contribution < -0.4 is 0 Å². The molecular weight excluding hydrogens is 376 g/mol. The van der Waals surface area contributed by atoms with Gasteiger partial charge in [0.1, 0.15) is 12.7 Å². The Labute approximate surface area is 171 Å². The van der Waals surface area contributed by atoms with Crippen LogP contribution in [0.5, 0.6) is 0 Å². The van der Waals surface area contributed by atoms with E-state index in [0.717, 1.165) is 6.42 Å². The Morgan fingerprint density at radius 2 is 1.97 bits per heavy atom. The van der Waals surface area contributed by atoms with E-state index in [-0.39, 0.29) is 17.9 Å². The Balaban J connectivity index is 2.07. The van der Waals surface area contributed by atoms with Crippen LogP contribution in [-0.2, 0) is 28.5 Å². The first-order valence-corrected chi connectivity index (χ1v) is 10.4. The van der Waals surface area contributed by atoms with Crippen molar-refractivity contribution in [3.05, 3.63) is 11.1 Å². The molecule has 29 heavy (non-hydrogen) atoms. The summed E-state index contributed by atoms with van der Waals surface area (Å²) < 4.78 is 23.6. The summed E-state index contributed by atoms with van der Waals surface area (Å²) in [5.41, 5.74) is -2.54. The number of methoxy groups -OCH3 is 1. The van der Waals surface area contributed by atoms with E-state index >= 15 is 0 Å². The number of carbonyl (C=O) groups excluding carboxylic acids is 2. The number of cyclic esters (lactones) is 1. The van der Waals surface area contributed by atoms with Crippen molar-refractivity contribution >= 4 is 11.9 Å². The molecule has 0 spiro atoms. The van der Waals surface area contributed by atoms with Crippen molar-refractivity contribution in [2.45, 2.75) is 78.5 Å². The fourth-order valence-electron chi connectivity index (χ4n) is 7.35. The quantitative estimate of drug-likeness (QED) is 0.714. The number of fused-ring (bicyclic) bond motifs is 1. The second-order valence-corrected chi connectivity index (χ2v) is 10.1. The molecule has 4 aliphatic rings. The number of hydrogen-bond acceptors (Lipinski definition) is 7. The Kier molecular flexibility index (Phi) is 4.34. The molecule has 0 aromatic rings. The molecule has 3 aliphatic heterocycles. The van der Waals surface area contributed by atoms with E-state index in [1.165, 1.54) is 0 Å². The third-order valence-electron chi connectivity index (χ3n) is 8.04. The van der Waals surface area contributed by atoms with Crippen molar-refractivity contribution < 1.29 is 33.6 Å². The summed E-state index contributed by atoms with van der Waals surface area (Å²) in [5.74, 6) is -0.990. The van der Waals surface area contributed by atoms with Gasteiger partial charge in [-0.25, -0.2) is 9.59 Å². The van der Waals surface area contributed by atoms with E-state index in [2.05, 4.69) is 27.7 Å². The van der Waals surface area contributed by atoms with Crippen LogP contribution in [-0.4, -0.2) is 54.9 Å². The average Bonchev–Trinajstić information content (AvgIpc) is 3.22. The zero-order valence-electron chi connectivity index (χ0n) is 18.3. The van der Waals surface area contributed by atoms with E-state index in [4.69, 9.17) is 18.9 Å². The largest absolute Gasteiger partial charge is 0.463 e. The van der Waals surface area contributed by atoms with Gasteiger partial charge in [-0.3, -0.25) is 0 Å². The monoisotopic (exact) mass is 408 g/mol. The maximum absolute atomic E-state index is 13.3. The molecule has 2 saturated heterocycles. The van der Waals surface area contributed by atoms with Gasteiger partial charge in [-0.05, 0) is 25.2 Å². The molecule has 3 heterocycles. The number of hydrogen-bond donors (Lipinski definition) is 1. The van der Waals surface area contributed by atoms with E-state index in [9.17, 15) is 14.7 Å². The number of aliphatic hydroxyl groups excluding tert-OH is 1. The molecule has 0 amide bonds. The molecule has 0 radical (unpaired) electrons. The minimum absolute atomic E-state index is 0.0493. The Morgan fingerprint density at radius 3 is 2.48 bits per heavy atom. The summed E-state index contributed by atoms with van der Waals surface area (Å²) in [5, 5.41) is 11.4. The highest BCUT2D eigenvalue weighted by molar-refractivity contribution is 5.99. The SMILES string of the molecule is CC[C@@H](C(C)(C)C)C1([C@H](C)O)C(OC)OC23C(=O)OCC21CC1OC(=O)C(C)=C13. The number of carbonyl (C=O) groups is 2. The minimum atomic E-state index is -1.47. The van der Waals surface area contributed by atoms with Crippen molar-refractivity contribution in [1.29, 1.82) is 0 Å². The second kappa shape index (κ2) is 6.05. The molecule has 7 atom stereocenters. The van der Waals surface area contributed by atoms with Crippen LogP contribution in [0.1, 0.15) is 54.4 Å². The van der Waals surface area contributed by atoms with Gasteiger partial charge in [0.2, 0.25) is 5.60 Å². The fourth-order valence-corrected chi connectivity index (χ4v) is 7.35. The summed E-state index contributed by atoms with van der Waals surface area (Å²) in [7, 11) is 1.54. The average molecular weight is 408 g/mol. The van der Waals surface area contributed by atoms with Crippen LogP contribution in [0, 0.1) is 22.2 Å². The lowest BCUT2D eigenvalue weighted by Gasteiger charge is -2.55. The highest BCUT2D eigenvalue weighted by Crippen LogP contribution is 2.76. The lowest BCUT2D eigenvalue weighted by atomic mass is 9.47. The number of aliphatic hydroxyl groups is 1. The van der Waals surface area contributed by atoms with Gasteiger partial charge < -0.3 is 24.1 Å². The minimum Gasteiger partial charge on any atom is -0.463 e. The van der Waals surface area contributed by atoms with Crippen molar-refractivity contribution in [2.24, 2.45) is 22.2 Å². The zero-order chi connectivity index (χ0) is 21.6. The van der Waals surface area contributed by atoms with Crippen LogP contribution in [0.2, 0.25) is 0 Å². The van der Waals surface area contributed by atoms with Gasteiger partial charge in [-0.2, -0.15) is 0 Å². The van der Waals surface area contributed by atoms with Crippen molar-refractivity contribution in [2.75, 3.05) is 13.7 Å². The predicted octanol–water partition coefficient (Wildman–Crippen LogP) is 2.36. The molecule has 1 saturated carbocycles. The normalized spacial score (nSPS) is 43.0. The summed E-state index contributed by atoms with van der Waals surface area (Å²) >= 11 is 0. The highest BCUT2D eigenvalue weighted by Gasteiger charge is 2.88. The zero-order valence-corrected chi connectivity index (χ0v) is 18.3. The first-order valence-electron chi connectivity index (χ1n) is 10.4. The summed E-state index contributed by atoms with van der Waals surface area (Å²) in [6, 6.07) is 0. The molecule has 7 nitrogen and oxygen atoms in total. The molecule has 162 valence electrons. The predicted molar refractivity (Wildman–Crippen MR) is 103 cm³/mol. The van der Waals surface area contributed by atoms with Gasteiger partial charge in [0.25, 0.3) is 0 Å². The molecular formula is C22H32O7. The molecule has 5 unspecified atom stereocenters. The molecule has 1 aliphatic carbocycles. The first kappa shape index (κ1) is 20.8. The topological polar surface area (TPSA) is 91.3 Å². The Morgan fingerprint density at radius 1 is 1.31 bits per heavy atom.